The summed E-state index contributed by atoms with van der Waals surface area (Å²) in [5.41, 5.74) is -0.519. The first kappa shape index (κ1) is 19.0. The van der Waals surface area contributed by atoms with Crippen LogP contribution in [0.4, 0.5) is 4.79 Å². The van der Waals surface area contributed by atoms with Gasteiger partial charge in [-0.2, -0.15) is 0 Å². The predicted molar refractivity (Wildman–Crippen MR) is 91.4 cm³/mol. The Hall–Kier alpha value is -1.30. The zero-order valence-corrected chi connectivity index (χ0v) is 15.4. The molecule has 2 N–H and O–H groups in total. The molecule has 1 saturated carbocycles. The Morgan fingerprint density at radius 2 is 1.96 bits per heavy atom. The third-order valence-electron chi connectivity index (χ3n) is 5.24. The molecule has 4 atom stereocenters. The van der Waals surface area contributed by atoms with E-state index in [0.29, 0.717) is 12.5 Å². The van der Waals surface area contributed by atoms with Crippen LogP contribution in [-0.2, 0) is 9.53 Å². The number of carbonyl (C=O) groups excluding carboxylic acids is 2. The van der Waals surface area contributed by atoms with Gasteiger partial charge in [-0.15, -0.1) is 0 Å². The summed E-state index contributed by atoms with van der Waals surface area (Å²) < 4.78 is 5.26. The Balaban J connectivity index is 1.90. The summed E-state index contributed by atoms with van der Waals surface area (Å²) in [5.74, 6) is 0.588. The van der Waals surface area contributed by atoms with Crippen LogP contribution in [0.2, 0.25) is 0 Å². The van der Waals surface area contributed by atoms with Crippen molar-refractivity contribution in [3.05, 3.63) is 0 Å². The van der Waals surface area contributed by atoms with Crippen LogP contribution in [0.25, 0.3) is 0 Å². The third kappa shape index (κ3) is 4.62. The van der Waals surface area contributed by atoms with Crippen molar-refractivity contribution in [1.82, 2.24) is 10.2 Å². The van der Waals surface area contributed by atoms with Crippen LogP contribution >= 0.6 is 0 Å². The number of ether oxygens (including phenoxy) is 1. The third-order valence-corrected chi connectivity index (χ3v) is 5.24. The van der Waals surface area contributed by atoms with E-state index in [1.807, 2.05) is 25.7 Å². The van der Waals surface area contributed by atoms with Gasteiger partial charge in [0.05, 0.1) is 12.6 Å². The number of rotatable bonds is 4. The van der Waals surface area contributed by atoms with Crippen molar-refractivity contribution in [2.45, 2.75) is 65.0 Å². The Bertz CT molecular complexity index is 460. The summed E-state index contributed by atoms with van der Waals surface area (Å²) in [4.78, 5) is 26.6. The lowest BCUT2D eigenvalue weighted by molar-refractivity contribution is -0.138. The SMILES string of the molecule is C[C@H]1CCN(C(=O)[C@@H]2CCC[C@@H]2CNC(=O)OC(C)(C)C)[C@@H]1CO. The zero-order valence-electron chi connectivity index (χ0n) is 15.4. The van der Waals surface area contributed by atoms with E-state index in [4.69, 9.17) is 4.74 Å². The van der Waals surface area contributed by atoms with E-state index in [1.54, 1.807) is 0 Å². The van der Waals surface area contributed by atoms with Crippen molar-refractivity contribution in [1.29, 1.82) is 0 Å². The minimum absolute atomic E-state index is 0.0282. The van der Waals surface area contributed by atoms with Crippen molar-refractivity contribution in [3.8, 4) is 0 Å². The second-order valence-corrected chi connectivity index (χ2v) is 8.23. The maximum atomic E-state index is 12.9. The quantitative estimate of drug-likeness (QED) is 0.822. The van der Waals surface area contributed by atoms with Gasteiger partial charge in [0.1, 0.15) is 5.60 Å². The van der Waals surface area contributed by atoms with Crippen LogP contribution < -0.4 is 5.32 Å². The zero-order chi connectivity index (χ0) is 17.9. The Kier molecular flexibility index (Phi) is 6.12. The average Bonchev–Trinajstić information content (AvgIpc) is 3.08. The fraction of sp³-hybridized carbons (Fsp3) is 0.889. The highest BCUT2D eigenvalue weighted by atomic mass is 16.6. The summed E-state index contributed by atoms with van der Waals surface area (Å²) in [6.07, 6.45) is 3.33. The van der Waals surface area contributed by atoms with Crippen LogP contribution in [0.15, 0.2) is 0 Å². The van der Waals surface area contributed by atoms with Crippen LogP contribution in [0, 0.1) is 17.8 Å². The first-order chi connectivity index (χ1) is 11.2. The predicted octanol–water partition coefficient (Wildman–Crippen LogP) is 2.16. The number of aliphatic hydroxyl groups is 1. The van der Waals surface area contributed by atoms with Gasteiger partial charge < -0.3 is 20.1 Å². The molecular formula is C18H32N2O4. The highest BCUT2D eigenvalue weighted by Crippen LogP contribution is 2.35. The normalized spacial score (nSPS) is 30.5. The minimum atomic E-state index is -0.519. The number of likely N-dealkylation sites (tertiary alicyclic amines) is 1. The molecule has 2 rings (SSSR count). The van der Waals surface area contributed by atoms with E-state index in [-0.39, 0.29) is 30.4 Å². The largest absolute Gasteiger partial charge is 0.444 e. The molecule has 138 valence electrons. The molecule has 6 nitrogen and oxygen atoms in total. The molecular weight excluding hydrogens is 308 g/mol. The van der Waals surface area contributed by atoms with E-state index < -0.39 is 11.7 Å². The lowest BCUT2D eigenvalue weighted by Gasteiger charge is -2.30. The average molecular weight is 340 g/mol. The minimum Gasteiger partial charge on any atom is -0.444 e. The van der Waals surface area contributed by atoms with Crippen molar-refractivity contribution >= 4 is 12.0 Å². The molecule has 1 saturated heterocycles. The molecule has 2 amide bonds. The van der Waals surface area contributed by atoms with E-state index in [9.17, 15) is 14.7 Å². The monoisotopic (exact) mass is 340 g/mol. The Labute approximate surface area is 144 Å². The van der Waals surface area contributed by atoms with E-state index in [2.05, 4.69) is 12.2 Å². The molecule has 0 unspecified atom stereocenters. The first-order valence-electron chi connectivity index (χ1n) is 9.11. The molecule has 2 aliphatic rings. The maximum Gasteiger partial charge on any atom is 0.407 e. The van der Waals surface area contributed by atoms with Crippen LogP contribution in [0.5, 0.6) is 0 Å². The molecule has 0 radical (unpaired) electrons. The lowest BCUT2D eigenvalue weighted by atomic mass is 9.94. The van der Waals surface area contributed by atoms with Crippen LogP contribution in [0.3, 0.4) is 0 Å². The molecule has 1 heterocycles. The van der Waals surface area contributed by atoms with Crippen LogP contribution in [0.1, 0.15) is 53.4 Å². The fourth-order valence-electron chi connectivity index (χ4n) is 3.91. The first-order valence-corrected chi connectivity index (χ1v) is 9.11. The lowest BCUT2D eigenvalue weighted by Crippen LogP contribution is -2.45. The van der Waals surface area contributed by atoms with Crippen molar-refractivity contribution in [2.75, 3.05) is 19.7 Å². The number of nitrogens with zero attached hydrogens (tertiary/aromatic N) is 1. The molecule has 0 aromatic carbocycles. The summed E-state index contributed by atoms with van der Waals surface area (Å²) >= 11 is 0. The van der Waals surface area contributed by atoms with E-state index >= 15 is 0 Å². The van der Waals surface area contributed by atoms with Crippen molar-refractivity contribution < 1.29 is 19.4 Å². The fourth-order valence-corrected chi connectivity index (χ4v) is 3.91. The summed E-state index contributed by atoms with van der Waals surface area (Å²) in [6.45, 7) is 8.81. The number of hydrogen-bond donors (Lipinski definition) is 2. The van der Waals surface area contributed by atoms with Gasteiger partial charge in [-0.1, -0.05) is 13.3 Å². The van der Waals surface area contributed by atoms with Gasteiger partial charge >= 0.3 is 6.09 Å². The molecule has 24 heavy (non-hydrogen) atoms. The van der Waals surface area contributed by atoms with Gasteiger partial charge in [0.2, 0.25) is 5.91 Å². The molecule has 1 aliphatic carbocycles. The molecule has 2 fully saturated rings. The Morgan fingerprint density at radius 3 is 2.58 bits per heavy atom. The highest BCUT2D eigenvalue weighted by Gasteiger charge is 2.41. The van der Waals surface area contributed by atoms with Crippen molar-refractivity contribution in [2.24, 2.45) is 17.8 Å². The van der Waals surface area contributed by atoms with Gasteiger partial charge in [0.25, 0.3) is 0 Å². The number of hydrogen-bond acceptors (Lipinski definition) is 4. The van der Waals surface area contributed by atoms with E-state index in [1.165, 1.54) is 0 Å². The molecule has 1 aliphatic heterocycles. The summed E-state index contributed by atoms with van der Waals surface area (Å²) in [5, 5.41) is 12.4. The molecule has 0 aromatic heterocycles. The van der Waals surface area contributed by atoms with Crippen molar-refractivity contribution in [3.63, 3.8) is 0 Å². The summed E-state index contributed by atoms with van der Waals surface area (Å²) in [6, 6.07) is -0.0578. The molecule has 6 heteroatoms. The smallest absolute Gasteiger partial charge is 0.407 e. The second-order valence-electron chi connectivity index (χ2n) is 8.23. The Morgan fingerprint density at radius 1 is 1.25 bits per heavy atom. The number of nitrogens with one attached hydrogen (secondary N) is 1. The number of amides is 2. The number of carbonyl (C=O) groups is 2. The molecule has 0 bridgehead atoms. The number of aliphatic hydroxyl groups excluding tert-OH is 1. The molecule has 0 aromatic rings. The van der Waals surface area contributed by atoms with Gasteiger partial charge in [0.15, 0.2) is 0 Å². The second kappa shape index (κ2) is 7.72. The summed E-state index contributed by atoms with van der Waals surface area (Å²) in [7, 11) is 0. The number of alkyl carbamates (subject to hydrolysis) is 1. The van der Waals surface area contributed by atoms with Crippen LogP contribution in [-0.4, -0.2) is 53.3 Å². The standard InChI is InChI=1S/C18H32N2O4/c1-12-8-9-20(15(12)11-21)16(22)14-7-5-6-13(14)10-19-17(23)24-18(2,3)4/h12-15,21H,5-11H2,1-4H3,(H,19,23)/t12-,13+,14+,15+/m0/s1. The molecule has 0 spiro atoms. The van der Waals surface area contributed by atoms with E-state index in [0.717, 1.165) is 32.2 Å². The highest BCUT2D eigenvalue weighted by molar-refractivity contribution is 5.80. The van der Waals surface area contributed by atoms with Gasteiger partial charge in [-0.3, -0.25) is 4.79 Å². The van der Waals surface area contributed by atoms with Gasteiger partial charge in [-0.05, 0) is 51.9 Å². The van der Waals surface area contributed by atoms with Gasteiger partial charge in [-0.25, -0.2) is 4.79 Å². The van der Waals surface area contributed by atoms with Gasteiger partial charge in [0, 0.05) is 19.0 Å². The maximum absolute atomic E-state index is 12.9. The topological polar surface area (TPSA) is 78.9 Å².